The Hall–Kier alpha value is -2.15. The molecule has 0 aliphatic rings. The van der Waals surface area contributed by atoms with Gasteiger partial charge in [-0.25, -0.2) is 0 Å². The lowest BCUT2D eigenvalue weighted by molar-refractivity contribution is 0.466. The van der Waals surface area contributed by atoms with E-state index in [1.807, 2.05) is 6.92 Å². The van der Waals surface area contributed by atoms with E-state index >= 15 is 0 Å². The summed E-state index contributed by atoms with van der Waals surface area (Å²) in [5.74, 6) is -0.0935. The summed E-state index contributed by atoms with van der Waals surface area (Å²) >= 11 is 0. The molecular formula is C11H13N3O. The fourth-order valence-corrected chi connectivity index (χ4v) is 0.821. The molecule has 1 heterocycles. The summed E-state index contributed by atoms with van der Waals surface area (Å²) in [6.07, 6.45) is 3.20. The Morgan fingerprint density at radius 2 is 2.27 bits per heavy atom. The van der Waals surface area contributed by atoms with Crippen molar-refractivity contribution in [3.8, 4) is 11.8 Å². The van der Waals surface area contributed by atoms with Crippen LogP contribution in [0, 0.1) is 23.7 Å². The van der Waals surface area contributed by atoms with Gasteiger partial charge in [0.1, 0.15) is 17.5 Å². The van der Waals surface area contributed by atoms with Crippen molar-refractivity contribution >= 4 is 5.71 Å². The number of hydrogen-bond donors (Lipinski definition) is 2. The molecule has 78 valence electrons. The third-order valence-electron chi connectivity index (χ3n) is 1.49. The first-order valence-electron chi connectivity index (χ1n) is 4.29. The second-order valence-electron chi connectivity index (χ2n) is 2.69. The molecule has 0 amide bonds. The topological polar surface area (TPSA) is 80.8 Å². The number of pyridine rings is 1. The molecule has 0 saturated heterocycles. The Balaban J connectivity index is 0.000000583. The zero-order valence-electron chi connectivity index (χ0n) is 8.78. The summed E-state index contributed by atoms with van der Waals surface area (Å²) < 4.78 is 0. The van der Waals surface area contributed by atoms with E-state index in [1.165, 1.54) is 12.3 Å². The number of aromatic nitrogens is 1. The van der Waals surface area contributed by atoms with E-state index in [-0.39, 0.29) is 17.0 Å². The van der Waals surface area contributed by atoms with Crippen LogP contribution < -0.4 is 0 Å². The molecule has 0 saturated carbocycles. The molecule has 0 unspecified atom stereocenters. The molecule has 0 radical (unpaired) electrons. The number of nitrogens with one attached hydrogen (secondary N) is 1. The van der Waals surface area contributed by atoms with Crippen LogP contribution in [0.2, 0.25) is 0 Å². The molecule has 1 aromatic rings. The first-order valence-corrected chi connectivity index (χ1v) is 4.29. The van der Waals surface area contributed by atoms with Crippen molar-refractivity contribution in [1.29, 1.82) is 10.7 Å². The molecule has 0 aromatic carbocycles. The molecule has 0 fully saturated rings. The zero-order valence-corrected chi connectivity index (χ0v) is 8.78. The van der Waals surface area contributed by atoms with Crippen LogP contribution in [0.1, 0.15) is 18.2 Å². The van der Waals surface area contributed by atoms with E-state index in [0.717, 1.165) is 0 Å². The molecule has 2 N–H and O–H groups in total. The largest absolute Gasteiger partial charge is 0.505 e. The minimum absolute atomic E-state index is 0.0935. The van der Waals surface area contributed by atoms with Crippen molar-refractivity contribution in [3.63, 3.8) is 0 Å². The minimum Gasteiger partial charge on any atom is -0.505 e. The zero-order chi connectivity index (χ0) is 11.8. The predicted molar refractivity (Wildman–Crippen MR) is 59.0 cm³/mol. The maximum Gasteiger partial charge on any atom is 0.146 e. The molecular weight excluding hydrogens is 190 g/mol. The highest BCUT2D eigenvalue weighted by molar-refractivity contribution is 6.11. The normalized spacial score (nSPS) is 8.07. The molecule has 0 aliphatic carbocycles. The summed E-state index contributed by atoms with van der Waals surface area (Å²) in [7, 11) is 0. The summed E-state index contributed by atoms with van der Waals surface area (Å²) in [6.45, 7) is 6.86. The Bertz CT molecular complexity index is 405. The molecule has 0 spiro atoms. The third-order valence-corrected chi connectivity index (χ3v) is 1.49. The number of aryl methyl sites for hydroxylation is 1. The standard InChI is InChI=1S/C8H7N3O.C3H6/c1-5-8(12)6(2-3-11-5)7(10)4-9;1-3-2/h2-3,10,12H,1H3;3H,1H2,2H3. The second-order valence-corrected chi connectivity index (χ2v) is 2.69. The van der Waals surface area contributed by atoms with Gasteiger partial charge in [0.2, 0.25) is 0 Å². The summed E-state index contributed by atoms with van der Waals surface area (Å²) in [5, 5.41) is 24.9. The van der Waals surface area contributed by atoms with Crippen LogP contribution in [0.3, 0.4) is 0 Å². The molecule has 0 bridgehead atoms. The van der Waals surface area contributed by atoms with Crippen LogP contribution in [-0.4, -0.2) is 15.8 Å². The average molecular weight is 203 g/mol. The van der Waals surface area contributed by atoms with Crippen LogP contribution in [-0.2, 0) is 0 Å². The van der Waals surface area contributed by atoms with Crippen molar-refractivity contribution in [2.75, 3.05) is 0 Å². The highest BCUT2D eigenvalue weighted by Gasteiger charge is 2.08. The van der Waals surface area contributed by atoms with Crippen LogP contribution in [0.15, 0.2) is 24.9 Å². The van der Waals surface area contributed by atoms with Crippen LogP contribution in [0.5, 0.6) is 5.75 Å². The van der Waals surface area contributed by atoms with Gasteiger partial charge in [0, 0.05) is 6.20 Å². The second kappa shape index (κ2) is 6.33. The number of nitrogens with zero attached hydrogens (tertiary/aromatic N) is 2. The van der Waals surface area contributed by atoms with Gasteiger partial charge in [0.15, 0.2) is 0 Å². The van der Waals surface area contributed by atoms with Gasteiger partial charge in [0.05, 0.1) is 11.3 Å². The van der Waals surface area contributed by atoms with Crippen molar-refractivity contribution in [2.24, 2.45) is 0 Å². The van der Waals surface area contributed by atoms with Gasteiger partial charge in [0.25, 0.3) is 0 Å². The lowest BCUT2D eigenvalue weighted by Crippen LogP contribution is -1.97. The van der Waals surface area contributed by atoms with Gasteiger partial charge >= 0.3 is 0 Å². The van der Waals surface area contributed by atoms with Crippen molar-refractivity contribution < 1.29 is 5.11 Å². The number of nitriles is 1. The summed E-state index contributed by atoms with van der Waals surface area (Å²) in [6, 6.07) is 3.08. The predicted octanol–water partition coefficient (Wildman–Crippen LogP) is 2.18. The molecule has 0 atom stereocenters. The summed E-state index contributed by atoms with van der Waals surface area (Å²) in [5.41, 5.74) is 0.399. The van der Waals surface area contributed by atoms with Gasteiger partial charge in [-0.1, -0.05) is 6.08 Å². The lowest BCUT2D eigenvalue weighted by atomic mass is 10.1. The number of aromatic hydroxyl groups is 1. The summed E-state index contributed by atoms with van der Waals surface area (Å²) in [4.78, 5) is 3.80. The first kappa shape index (κ1) is 12.8. The fraction of sp³-hybridized carbons (Fsp3) is 0.182. The van der Waals surface area contributed by atoms with Crippen molar-refractivity contribution in [2.45, 2.75) is 13.8 Å². The smallest absolute Gasteiger partial charge is 0.146 e. The third kappa shape index (κ3) is 3.61. The lowest BCUT2D eigenvalue weighted by Gasteiger charge is -2.01. The fourth-order valence-electron chi connectivity index (χ4n) is 0.821. The van der Waals surface area contributed by atoms with Gasteiger partial charge in [-0.3, -0.25) is 10.4 Å². The van der Waals surface area contributed by atoms with Gasteiger partial charge in [-0.15, -0.1) is 6.58 Å². The van der Waals surface area contributed by atoms with Crippen molar-refractivity contribution in [3.05, 3.63) is 36.2 Å². The van der Waals surface area contributed by atoms with E-state index in [9.17, 15) is 5.11 Å². The van der Waals surface area contributed by atoms with Gasteiger partial charge in [-0.05, 0) is 19.9 Å². The average Bonchev–Trinajstić information content (AvgIpc) is 2.22. The highest BCUT2D eigenvalue weighted by Crippen LogP contribution is 2.18. The monoisotopic (exact) mass is 203 g/mol. The van der Waals surface area contributed by atoms with Gasteiger partial charge in [-0.2, -0.15) is 5.26 Å². The SMILES string of the molecule is C=CC.Cc1nccc(C(=N)C#N)c1O. The quantitative estimate of drug-likeness (QED) is 0.542. The Labute approximate surface area is 89.0 Å². The molecule has 4 heteroatoms. The highest BCUT2D eigenvalue weighted by atomic mass is 16.3. The van der Waals surface area contributed by atoms with E-state index < -0.39 is 0 Å². The van der Waals surface area contributed by atoms with E-state index in [1.54, 1.807) is 19.1 Å². The molecule has 0 aliphatic heterocycles. The molecule has 1 rings (SSSR count). The maximum absolute atomic E-state index is 9.34. The molecule has 15 heavy (non-hydrogen) atoms. The maximum atomic E-state index is 9.34. The number of rotatable bonds is 1. The Morgan fingerprint density at radius 1 is 1.73 bits per heavy atom. The van der Waals surface area contributed by atoms with E-state index in [4.69, 9.17) is 10.7 Å². The molecule has 4 nitrogen and oxygen atoms in total. The van der Waals surface area contributed by atoms with E-state index in [0.29, 0.717) is 5.69 Å². The Morgan fingerprint density at radius 3 is 2.73 bits per heavy atom. The number of hydrogen-bond acceptors (Lipinski definition) is 4. The Kier molecular flexibility index (Phi) is 5.42. The minimum atomic E-state index is -0.252. The first-order chi connectivity index (χ1) is 7.08. The van der Waals surface area contributed by atoms with E-state index in [2.05, 4.69) is 11.6 Å². The number of allylic oxidation sites excluding steroid dienone is 1. The van der Waals surface area contributed by atoms with Crippen LogP contribution >= 0.6 is 0 Å². The molecule has 1 aromatic heterocycles. The van der Waals surface area contributed by atoms with Crippen molar-refractivity contribution in [1.82, 2.24) is 4.98 Å². The van der Waals surface area contributed by atoms with Crippen LogP contribution in [0.4, 0.5) is 0 Å². The van der Waals surface area contributed by atoms with Gasteiger partial charge < -0.3 is 5.11 Å². The van der Waals surface area contributed by atoms with Crippen LogP contribution in [0.25, 0.3) is 0 Å².